The molecule has 1 heterocycles. The van der Waals surface area contributed by atoms with Gasteiger partial charge in [-0.2, -0.15) is 0 Å². The monoisotopic (exact) mass is 205 g/mol. The number of hydrogen-bond donors (Lipinski definition) is 0. The molecule has 0 aromatic carbocycles. The Balaban J connectivity index is 2.32. The van der Waals surface area contributed by atoms with Crippen LogP contribution in [-0.4, -0.2) is 23.5 Å². The molecule has 0 N–H and O–H groups in total. The maximum Gasteiger partial charge on any atom is 0.196 e. The zero-order valence-electron chi connectivity index (χ0n) is 9.12. The lowest BCUT2D eigenvalue weighted by Crippen LogP contribution is -2.47. The average Bonchev–Trinajstić information content (AvgIpc) is 2.17. The molecular weight excluding hydrogens is 190 g/mol. The van der Waals surface area contributed by atoms with E-state index in [2.05, 4.69) is 4.98 Å². The summed E-state index contributed by atoms with van der Waals surface area (Å²) in [6.07, 6.45) is 6.06. The van der Waals surface area contributed by atoms with Crippen LogP contribution in [0.4, 0.5) is 0 Å². The number of carbonyl (C=O) groups is 1. The smallest absolute Gasteiger partial charge is 0.196 e. The summed E-state index contributed by atoms with van der Waals surface area (Å²) in [7, 11) is 1.61. The van der Waals surface area contributed by atoms with E-state index >= 15 is 0 Å². The van der Waals surface area contributed by atoms with E-state index in [4.69, 9.17) is 4.74 Å². The summed E-state index contributed by atoms with van der Waals surface area (Å²) < 4.78 is 5.37. The number of hydrogen-bond acceptors (Lipinski definition) is 3. The molecule has 15 heavy (non-hydrogen) atoms. The second-order valence-electron chi connectivity index (χ2n) is 4.07. The standard InChI is InChI=1S/C12H15NO2/c1-9-4-7-13-8-10(9)11(14)12(15-2)5-3-6-12/h4,7-8H,3,5-6H2,1-2H3. The number of ketones is 1. The van der Waals surface area contributed by atoms with Gasteiger partial charge in [-0.15, -0.1) is 0 Å². The van der Waals surface area contributed by atoms with Gasteiger partial charge in [0, 0.05) is 25.1 Å². The van der Waals surface area contributed by atoms with Crippen LogP contribution in [0.25, 0.3) is 0 Å². The maximum absolute atomic E-state index is 12.2. The van der Waals surface area contributed by atoms with Crippen LogP contribution in [-0.2, 0) is 4.74 Å². The molecule has 80 valence electrons. The van der Waals surface area contributed by atoms with Gasteiger partial charge in [-0.25, -0.2) is 0 Å². The Morgan fingerprint density at radius 3 is 2.73 bits per heavy atom. The maximum atomic E-state index is 12.2. The van der Waals surface area contributed by atoms with Crippen LogP contribution in [0.5, 0.6) is 0 Å². The summed E-state index contributed by atoms with van der Waals surface area (Å²) in [6.45, 7) is 1.93. The zero-order chi connectivity index (χ0) is 10.9. The number of pyridine rings is 1. The molecule has 3 heteroatoms. The van der Waals surface area contributed by atoms with E-state index in [-0.39, 0.29) is 5.78 Å². The lowest BCUT2D eigenvalue weighted by molar-refractivity contribution is -0.0449. The second-order valence-corrected chi connectivity index (χ2v) is 4.07. The first-order valence-corrected chi connectivity index (χ1v) is 5.20. The van der Waals surface area contributed by atoms with Crippen LogP contribution in [0, 0.1) is 6.92 Å². The molecule has 1 aromatic heterocycles. The summed E-state index contributed by atoms with van der Waals surface area (Å²) in [5, 5.41) is 0. The van der Waals surface area contributed by atoms with Gasteiger partial charge in [0.2, 0.25) is 0 Å². The number of carbonyl (C=O) groups excluding carboxylic acids is 1. The second kappa shape index (κ2) is 3.74. The molecule has 0 saturated heterocycles. The van der Waals surface area contributed by atoms with Crippen molar-refractivity contribution in [3.8, 4) is 0 Å². The summed E-state index contributed by atoms with van der Waals surface area (Å²) in [6, 6.07) is 1.86. The molecule has 0 bridgehead atoms. The summed E-state index contributed by atoms with van der Waals surface area (Å²) in [5.74, 6) is 0.0850. The minimum atomic E-state index is -0.562. The molecule has 1 aliphatic carbocycles. The third-order valence-corrected chi connectivity index (χ3v) is 3.25. The van der Waals surface area contributed by atoms with E-state index in [0.29, 0.717) is 5.56 Å². The van der Waals surface area contributed by atoms with E-state index in [0.717, 1.165) is 24.8 Å². The highest BCUT2D eigenvalue weighted by Gasteiger charge is 2.45. The van der Waals surface area contributed by atoms with Crippen molar-refractivity contribution in [2.45, 2.75) is 31.8 Å². The highest BCUT2D eigenvalue weighted by atomic mass is 16.5. The third kappa shape index (κ3) is 1.57. The molecule has 0 spiro atoms. The number of methoxy groups -OCH3 is 1. The fraction of sp³-hybridized carbons (Fsp3) is 0.500. The van der Waals surface area contributed by atoms with Crippen molar-refractivity contribution in [1.29, 1.82) is 0 Å². The molecule has 0 amide bonds. The largest absolute Gasteiger partial charge is 0.370 e. The normalized spacial score (nSPS) is 18.3. The number of aromatic nitrogens is 1. The van der Waals surface area contributed by atoms with Gasteiger partial charge in [0.15, 0.2) is 5.78 Å². The van der Waals surface area contributed by atoms with E-state index in [1.54, 1.807) is 19.5 Å². The Bertz CT molecular complexity index is 377. The molecule has 0 radical (unpaired) electrons. The molecule has 1 saturated carbocycles. The number of Topliss-reactive ketones (excluding diaryl/α,β-unsaturated/α-hetero) is 1. The predicted octanol–water partition coefficient (Wildman–Crippen LogP) is 2.14. The summed E-state index contributed by atoms with van der Waals surface area (Å²) >= 11 is 0. The number of ether oxygens (including phenoxy) is 1. The topological polar surface area (TPSA) is 39.2 Å². The van der Waals surface area contributed by atoms with E-state index in [9.17, 15) is 4.79 Å². The number of aryl methyl sites for hydroxylation is 1. The van der Waals surface area contributed by atoms with E-state index < -0.39 is 5.60 Å². The molecule has 0 unspecified atom stereocenters. The first-order chi connectivity index (χ1) is 7.19. The Hall–Kier alpha value is -1.22. The van der Waals surface area contributed by atoms with Gasteiger partial charge in [-0.05, 0) is 37.8 Å². The van der Waals surface area contributed by atoms with Crippen molar-refractivity contribution in [3.63, 3.8) is 0 Å². The van der Waals surface area contributed by atoms with Gasteiger partial charge < -0.3 is 4.74 Å². The van der Waals surface area contributed by atoms with Crippen LogP contribution >= 0.6 is 0 Å². The molecule has 1 aromatic rings. The SMILES string of the molecule is COC1(C(=O)c2cnccc2C)CCC1. The van der Waals surface area contributed by atoms with Crippen LogP contribution in [0.1, 0.15) is 35.2 Å². The third-order valence-electron chi connectivity index (χ3n) is 3.25. The molecule has 1 aliphatic rings. The average molecular weight is 205 g/mol. The fourth-order valence-electron chi connectivity index (χ4n) is 1.97. The molecule has 3 nitrogen and oxygen atoms in total. The van der Waals surface area contributed by atoms with Crippen molar-refractivity contribution < 1.29 is 9.53 Å². The van der Waals surface area contributed by atoms with Gasteiger partial charge in [0.1, 0.15) is 5.60 Å². The van der Waals surface area contributed by atoms with Gasteiger partial charge in [0.25, 0.3) is 0 Å². The minimum absolute atomic E-state index is 0.0850. The van der Waals surface area contributed by atoms with Gasteiger partial charge in [-0.1, -0.05) is 0 Å². The Morgan fingerprint density at radius 2 is 2.27 bits per heavy atom. The Labute approximate surface area is 89.5 Å². The fourth-order valence-corrected chi connectivity index (χ4v) is 1.97. The minimum Gasteiger partial charge on any atom is -0.370 e. The molecule has 0 aliphatic heterocycles. The van der Waals surface area contributed by atoms with Crippen LogP contribution < -0.4 is 0 Å². The highest BCUT2D eigenvalue weighted by Crippen LogP contribution is 2.38. The van der Waals surface area contributed by atoms with Crippen molar-refractivity contribution in [2.75, 3.05) is 7.11 Å². The van der Waals surface area contributed by atoms with Crippen LogP contribution in [0.3, 0.4) is 0 Å². The zero-order valence-corrected chi connectivity index (χ0v) is 9.12. The lowest BCUT2D eigenvalue weighted by Gasteiger charge is -2.38. The van der Waals surface area contributed by atoms with Crippen molar-refractivity contribution in [1.82, 2.24) is 4.98 Å². The summed E-state index contributed by atoms with van der Waals surface area (Å²) in [4.78, 5) is 16.2. The Kier molecular flexibility index (Phi) is 2.57. The van der Waals surface area contributed by atoms with Gasteiger partial charge >= 0.3 is 0 Å². The molecular formula is C12H15NO2. The Morgan fingerprint density at radius 1 is 1.53 bits per heavy atom. The molecule has 1 fully saturated rings. The lowest BCUT2D eigenvalue weighted by atomic mass is 9.74. The van der Waals surface area contributed by atoms with Gasteiger partial charge in [0.05, 0.1) is 0 Å². The number of rotatable bonds is 3. The van der Waals surface area contributed by atoms with Crippen LogP contribution in [0.2, 0.25) is 0 Å². The molecule has 2 rings (SSSR count). The number of nitrogens with zero attached hydrogens (tertiary/aromatic N) is 1. The quantitative estimate of drug-likeness (QED) is 0.710. The van der Waals surface area contributed by atoms with E-state index in [1.807, 2.05) is 13.0 Å². The van der Waals surface area contributed by atoms with Crippen molar-refractivity contribution >= 4 is 5.78 Å². The highest BCUT2D eigenvalue weighted by molar-refractivity contribution is 6.03. The van der Waals surface area contributed by atoms with Crippen molar-refractivity contribution in [2.24, 2.45) is 0 Å². The first-order valence-electron chi connectivity index (χ1n) is 5.20. The van der Waals surface area contributed by atoms with E-state index in [1.165, 1.54) is 0 Å². The van der Waals surface area contributed by atoms with Gasteiger partial charge in [-0.3, -0.25) is 9.78 Å². The van der Waals surface area contributed by atoms with Crippen molar-refractivity contribution in [3.05, 3.63) is 29.6 Å². The predicted molar refractivity (Wildman–Crippen MR) is 56.9 cm³/mol. The first kappa shape index (κ1) is 10.3. The van der Waals surface area contributed by atoms with Crippen LogP contribution in [0.15, 0.2) is 18.5 Å². The molecule has 0 atom stereocenters. The summed E-state index contributed by atoms with van der Waals surface area (Å²) in [5.41, 5.74) is 1.10.